The lowest BCUT2D eigenvalue weighted by Gasteiger charge is -2.08. The van der Waals surface area contributed by atoms with Crippen LogP contribution in [0, 0.1) is 6.92 Å². The third-order valence-corrected chi connectivity index (χ3v) is 3.82. The van der Waals surface area contributed by atoms with Crippen LogP contribution in [0.4, 0.5) is 0 Å². The first kappa shape index (κ1) is 12.9. The van der Waals surface area contributed by atoms with Gasteiger partial charge in [0.25, 0.3) is 0 Å². The van der Waals surface area contributed by atoms with E-state index in [0.29, 0.717) is 6.61 Å². The van der Waals surface area contributed by atoms with Gasteiger partial charge in [0.15, 0.2) is 5.88 Å². The van der Waals surface area contributed by atoms with Crippen molar-refractivity contribution in [2.75, 3.05) is 0 Å². The fraction of sp³-hybridized carbons (Fsp3) is 0.105. The summed E-state index contributed by atoms with van der Waals surface area (Å²) < 4.78 is 5.96. The van der Waals surface area contributed by atoms with Crippen LogP contribution >= 0.6 is 0 Å². The highest BCUT2D eigenvalue weighted by Crippen LogP contribution is 2.23. The monoisotopic (exact) mass is 288 g/mol. The summed E-state index contributed by atoms with van der Waals surface area (Å²) in [6.07, 6.45) is 0. The second-order valence-corrected chi connectivity index (χ2v) is 5.45. The number of ether oxygens (including phenoxy) is 1. The number of hydrogen-bond acceptors (Lipinski definition) is 2. The third-order valence-electron chi connectivity index (χ3n) is 3.82. The second kappa shape index (κ2) is 5.19. The number of aryl methyl sites for hydroxylation is 1. The summed E-state index contributed by atoms with van der Waals surface area (Å²) in [6.45, 7) is 2.54. The van der Waals surface area contributed by atoms with Gasteiger partial charge < -0.3 is 9.72 Å². The highest BCUT2D eigenvalue weighted by molar-refractivity contribution is 5.82. The molecule has 0 aliphatic carbocycles. The average molecular weight is 288 g/mol. The number of aromatic amines is 1. The molecule has 4 rings (SSSR count). The Morgan fingerprint density at radius 1 is 1.00 bits per heavy atom. The molecule has 2 heterocycles. The zero-order chi connectivity index (χ0) is 14.9. The smallest absolute Gasteiger partial charge is 0.192 e. The molecule has 2 aromatic carbocycles. The van der Waals surface area contributed by atoms with Crippen LogP contribution in [-0.4, -0.2) is 9.97 Å². The second-order valence-electron chi connectivity index (χ2n) is 5.45. The first-order chi connectivity index (χ1) is 10.8. The van der Waals surface area contributed by atoms with Crippen molar-refractivity contribution in [3.63, 3.8) is 0 Å². The molecule has 2 aromatic heterocycles. The number of fused-ring (bicyclic) bond motifs is 2. The molecule has 0 atom stereocenters. The Hall–Kier alpha value is -2.81. The van der Waals surface area contributed by atoms with Crippen LogP contribution in [0.3, 0.4) is 0 Å². The Kier molecular flexibility index (Phi) is 3.04. The minimum Gasteiger partial charge on any atom is -0.474 e. The SMILES string of the molecule is Cc1cc(COc2cc3ccccc3[nH]2)c2ccccc2n1. The minimum atomic E-state index is 0.524. The van der Waals surface area contributed by atoms with Gasteiger partial charge in [0.2, 0.25) is 0 Å². The van der Waals surface area contributed by atoms with Gasteiger partial charge in [-0.3, -0.25) is 4.98 Å². The summed E-state index contributed by atoms with van der Waals surface area (Å²) in [6, 6.07) is 20.5. The number of para-hydroxylation sites is 2. The topological polar surface area (TPSA) is 37.9 Å². The molecule has 0 aliphatic rings. The first-order valence-electron chi connectivity index (χ1n) is 7.35. The van der Waals surface area contributed by atoms with E-state index in [4.69, 9.17) is 4.74 Å². The summed E-state index contributed by atoms with van der Waals surface area (Å²) in [4.78, 5) is 7.85. The van der Waals surface area contributed by atoms with Gasteiger partial charge in [-0.1, -0.05) is 36.4 Å². The maximum Gasteiger partial charge on any atom is 0.192 e. The largest absolute Gasteiger partial charge is 0.474 e. The molecule has 0 aliphatic heterocycles. The molecular formula is C19H16N2O. The van der Waals surface area contributed by atoms with E-state index >= 15 is 0 Å². The lowest BCUT2D eigenvalue weighted by Crippen LogP contribution is -1.98. The summed E-state index contributed by atoms with van der Waals surface area (Å²) >= 11 is 0. The van der Waals surface area contributed by atoms with E-state index in [1.54, 1.807) is 0 Å². The van der Waals surface area contributed by atoms with Crippen LogP contribution in [0.5, 0.6) is 5.88 Å². The molecule has 3 heteroatoms. The number of rotatable bonds is 3. The van der Waals surface area contributed by atoms with Crippen molar-refractivity contribution in [2.24, 2.45) is 0 Å². The van der Waals surface area contributed by atoms with Crippen molar-refractivity contribution < 1.29 is 4.74 Å². The molecule has 3 nitrogen and oxygen atoms in total. The first-order valence-corrected chi connectivity index (χ1v) is 7.35. The molecule has 0 unspecified atom stereocenters. The molecule has 0 fully saturated rings. The number of pyridine rings is 1. The summed E-state index contributed by atoms with van der Waals surface area (Å²) in [5.74, 6) is 0.791. The Balaban J connectivity index is 1.66. The summed E-state index contributed by atoms with van der Waals surface area (Å²) in [5.41, 5.74) is 4.27. The predicted octanol–water partition coefficient (Wildman–Crippen LogP) is 4.60. The Morgan fingerprint density at radius 2 is 1.82 bits per heavy atom. The number of nitrogens with one attached hydrogen (secondary N) is 1. The van der Waals surface area contributed by atoms with Gasteiger partial charge >= 0.3 is 0 Å². The number of nitrogens with zero attached hydrogens (tertiary/aromatic N) is 1. The van der Waals surface area contributed by atoms with Gasteiger partial charge in [0.1, 0.15) is 6.61 Å². The summed E-state index contributed by atoms with van der Waals surface area (Å²) in [5, 5.41) is 2.30. The maximum absolute atomic E-state index is 5.96. The molecule has 0 bridgehead atoms. The molecule has 1 N–H and O–H groups in total. The van der Waals surface area contributed by atoms with Crippen molar-refractivity contribution in [3.05, 3.63) is 71.9 Å². The standard InChI is InChI=1S/C19H16N2O/c1-13-10-15(16-7-3-5-9-18(16)20-13)12-22-19-11-14-6-2-4-8-17(14)21-19/h2-11,21H,12H2,1H3. The van der Waals surface area contributed by atoms with Crippen molar-refractivity contribution in [1.82, 2.24) is 9.97 Å². The molecule has 0 spiro atoms. The molecule has 0 radical (unpaired) electrons. The van der Waals surface area contributed by atoms with E-state index in [1.807, 2.05) is 49.4 Å². The fourth-order valence-electron chi connectivity index (χ4n) is 2.79. The lowest BCUT2D eigenvalue weighted by molar-refractivity contribution is 0.297. The van der Waals surface area contributed by atoms with E-state index in [0.717, 1.165) is 38.9 Å². The molecule has 0 saturated heterocycles. The molecule has 108 valence electrons. The number of hydrogen-bond donors (Lipinski definition) is 1. The quantitative estimate of drug-likeness (QED) is 0.598. The predicted molar refractivity (Wildman–Crippen MR) is 89.1 cm³/mol. The van der Waals surface area contributed by atoms with Crippen LogP contribution in [0.15, 0.2) is 60.7 Å². The van der Waals surface area contributed by atoms with E-state index < -0.39 is 0 Å². The molecule has 22 heavy (non-hydrogen) atoms. The van der Waals surface area contributed by atoms with Crippen molar-refractivity contribution in [1.29, 1.82) is 0 Å². The van der Waals surface area contributed by atoms with Gasteiger partial charge in [-0.25, -0.2) is 0 Å². The van der Waals surface area contributed by atoms with Crippen LogP contribution in [0.2, 0.25) is 0 Å². The van der Waals surface area contributed by atoms with Crippen molar-refractivity contribution in [2.45, 2.75) is 13.5 Å². The van der Waals surface area contributed by atoms with E-state index in [1.165, 1.54) is 0 Å². The average Bonchev–Trinajstić information content (AvgIpc) is 2.95. The van der Waals surface area contributed by atoms with Crippen LogP contribution < -0.4 is 4.74 Å². The van der Waals surface area contributed by atoms with Crippen LogP contribution in [0.1, 0.15) is 11.3 Å². The summed E-state index contributed by atoms with van der Waals surface area (Å²) in [7, 11) is 0. The van der Waals surface area contributed by atoms with Crippen LogP contribution in [-0.2, 0) is 6.61 Å². The molecule has 0 saturated carbocycles. The maximum atomic E-state index is 5.96. The van der Waals surface area contributed by atoms with E-state index in [9.17, 15) is 0 Å². The highest BCUT2D eigenvalue weighted by atomic mass is 16.5. The van der Waals surface area contributed by atoms with Gasteiger partial charge in [0.05, 0.1) is 5.52 Å². The minimum absolute atomic E-state index is 0.524. The van der Waals surface area contributed by atoms with Crippen LogP contribution in [0.25, 0.3) is 21.8 Å². The van der Waals surface area contributed by atoms with Crippen molar-refractivity contribution >= 4 is 21.8 Å². The lowest BCUT2D eigenvalue weighted by atomic mass is 10.1. The fourth-order valence-corrected chi connectivity index (χ4v) is 2.79. The molecule has 4 aromatic rings. The highest BCUT2D eigenvalue weighted by Gasteiger charge is 2.06. The Bertz CT molecular complexity index is 923. The van der Waals surface area contributed by atoms with Gasteiger partial charge in [0, 0.05) is 33.6 Å². The zero-order valence-corrected chi connectivity index (χ0v) is 12.3. The van der Waals surface area contributed by atoms with E-state index in [2.05, 4.69) is 28.2 Å². The Labute approximate surface area is 128 Å². The third kappa shape index (κ3) is 2.31. The number of H-pyrrole nitrogens is 1. The molecule has 0 amide bonds. The number of aromatic nitrogens is 2. The molecular weight excluding hydrogens is 272 g/mol. The van der Waals surface area contributed by atoms with E-state index in [-0.39, 0.29) is 0 Å². The van der Waals surface area contributed by atoms with Gasteiger partial charge in [-0.2, -0.15) is 0 Å². The van der Waals surface area contributed by atoms with Gasteiger partial charge in [-0.15, -0.1) is 0 Å². The normalized spacial score (nSPS) is 11.1. The zero-order valence-electron chi connectivity index (χ0n) is 12.3. The van der Waals surface area contributed by atoms with Gasteiger partial charge in [-0.05, 0) is 25.1 Å². The number of benzene rings is 2. The Morgan fingerprint density at radius 3 is 2.73 bits per heavy atom. The van der Waals surface area contributed by atoms with Crippen molar-refractivity contribution in [3.8, 4) is 5.88 Å².